The van der Waals surface area contributed by atoms with Crippen molar-refractivity contribution in [3.05, 3.63) is 66.4 Å². The van der Waals surface area contributed by atoms with Crippen LogP contribution in [0.2, 0.25) is 0 Å². The van der Waals surface area contributed by atoms with Crippen molar-refractivity contribution < 1.29 is 0 Å². The van der Waals surface area contributed by atoms with Gasteiger partial charge in [0.05, 0.1) is 5.69 Å². The summed E-state index contributed by atoms with van der Waals surface area (Å²) in [5, 5.41) is 11.2. The molecule has 1 radical (unpaired) electrons. The Balaban J connectivity index is 2.16. The minimum absolute atomic E-state index is 0.437. The molecule has 0 aliphatic carbocycles. The molecule has 0 fully saturated rings. The zero-order valence-electron chi connectivity index (χ0n) is 9.59. The summed E-state index contributed by atoms with van der Waals surface area (Å²) >= 11 is 0. The van der Waals surface area contributed by atoms with Crippen LogP contribution in [0.15, 0.2) is 54.6 Å². The number of hydrogen-bond acceptors (Lipinski definition) is 2. The smallest absolute Gasteiger partial charge is 0.141 e. The maximum Gasteiger partial charge on any atom is 0.141 e. The standard InChI is InChI=1S/C16H9N2/c17-11-15-6-3-7-16(18-15)14-9-8-12-4-1-2-5-13(12)10-14/h1,3-10H. The summed E-state index contributed by atoms with van der Waals surface area (Å²) in [6.07, 6.45) is 0. The monoisotopic (exact) mass is 229 g/mol. The molecule has 2 nitrogen and oxygen atoms in total. The molecule has 3 aromatic rings. The third-order valence-electron chi connectivity index (χ3n) is 2.84. The Morgan fingerprint density at radius 3 is 2.89 bits per heavy atom. The van der Waals surface area contributed by atoms with Crippen LogP contribution in [0.25, 0.3) is 22.0 Å². The lowest BCUT2D eigenvalue weighted by atomic mass is 10.0. The minimum Gasteiger partial charge on any atom is -0.237 e. The van der Waals surface area contributed by atoms with Gasteiger partial charge in [-0.25, -0.2) is 4.98 Å². The average Bonchev–Trinajstić information content (AvgIpc) is 2.47. The predicted octanol–water partition coefficient (Wildman–Crippen LogP) is 3.57. The van der Waals surface area contributed by atoms with Crippen molar-refractivity contribution in [3.8, 4) is 17.3 Å². The molecule has 0 unspecified atom stereocenters. The Bertz CT molecular complexity index is 754. The minimum atomic E-state index is 0.437. The summed E-state index contributed by atoms with van der Waals surface area (Å²) in [7, 11) is 0. The van der Waals surface area contributed by atoms with Crippen LogP contribution >= 0.6 is 0 Å². The molecule has 2 aromatic carbocycles. The highest BCUT2D eigenvalue weighted by Gasteiger charge is 2.02. The van der Waals surface area contributed by atoms with Crippen LogP contribution in [0.1, 0.15) is 5.69 Å². The Kier molecular flexibility index (Phi) is 2.51. The molecule has 0 spiro atoms. The molecule has 83 valence electrons. The lowest BCUT2D eigenvalue weighted by molar-refractivity contribution is 1.27. The average molecular weight is 229 g/mol. The SMILES string of the molecule is N#Cc1cccc(-c2ccc3cc[c]cc3c2)n1. The van der Waals surface area contributed by atoms with Gasteiger partial charge in [-0.2, -0.15) is 5.26 Å². The van der Waals surface area contributed by atoms with Crippen LogP contribution in [0.5, 0.6) is 0 Å². The van der Waals surface area contributed by atoms with Gasteiger partial charge >= 0.3 is 0 Å². The van der Waals surface area contributed by atoms with Gasteiger partial charge in [-0.15, -0.1) is 0 Å². The van der Waals surface area contributed by atoms with Gasteiger partial charge in [0.25, 0.3) is 0 Å². The van der Waals surface area contributed by atoms with E-state index in [-0.39, 0.29) is 0 Å². The van der Waals surface area contributed by atoms with Crippen molar-refractivity contribution >= 4 is 10.8 Å². The molecule has 0 bridgehead atoms. The van der Waals surface area contributed by atoms with E-state index in [1.165, 1.54) is 5.39 Å². The number of hydrogen-bond donors (Lipinski definition) is 0. The van der Waals surface area contributed by atoms with E-state index >= 15 is 0 Å². The molecule has 1 heterocycles. The first-order valence-electron chi connectivity index (χ1n) is 5.64. The molecule has 18 heavy (non-hydrogen) atoms. The topological polar surface area (TPSA) is 36.7 Å². The molecule has 0 saturated heterocycles. The Morgan fingerprint density at radius 2 is 2.00 bits per heavy atom. The van der Waals surface area contributed by atoms with E-state index in [1.807, 2.05) is 36.4 Å². The second-order valence-electron chi connectivity index (χ2n) is 4.01. The van der Waals surface area contributed by atoms with Crippen LogP contribution in [-0.4, -0.2) is 4.98 Å². The largest absolute Gasteiger partial charge is 0.237 e. The molecule has 0 aliphatic rings. The summed E-state index contributed by atoms with van der Waals surface area (Å²) in [6, 6.07) is 22.6. The second-order valence-corrected chi connectivity index (χ2v) is 4.01. The molecule has 0 atom stereocenters. The van der Waals surface area contributed by atoms with Crippen molar-refractivity contribution in [1.29, 1.82) is 5.26 Å². The zero-order valence-corrected chi connectivity index (χ0v) is 9.59. The molecular formula is C16H9N2. The number of aromatic nitrogens is 1. The second kappa shape index (κ2) is 4.31. The van der Waals surface area contributed by atoms with Crippen LogP contribution in [-0.2, 0) is 0 Å². The molecular weight excluding hydrogens is 220 g/mol. The van der Waals surface area contributed by atoms with Crippen molar-refractivity contribution in [1.82, 2.24) is 4.98 Å². The fourth-order valence-corrected chi connectivity index (χ4v) is 1.94. The highest BCUT2D eigenvalue weighted by atomic mass is 14.7. The quantitative estimate of drug-likeness (QED) is 0.639. The summed E-state index contributed by atoms with van der Waals surface area (Å²) in [5.74, 6) is 0. The summed E-state index contributed by atoms with van der Waals surface area (Å²) in [4.78, 5) is 4.30. The van der Waals surface area contributed by atoms with E-state index in [0.717, 1.165) is 16.6 Å². The first kappa shape index (κ1) is 10.5. The van der Waals surface area contributed by atoms with Crippen molar-refractivity contribution in [2.24, 2.45) is 0 Å². The van der Waals surface area contributed by atoms with E-state index < -0.39 is 0 Å². The van der Waals surface area contributed by atoms with Crippen LogP contribution in [0.3, 0.4) is 0 Å². The Morgan fingerprint density at radius 1 is 1.06 bits per heavy atom. The highest BCUT2D eigenvalue weighted by molar-refractivity contribution is 5.86. The lowest BCUT2D eigenvalue weighted by Crippen LogP contribution is -1.87. The summed E-state index contributed by atoms with van der Waals surface area (Å²) in [6.45, 7) is 0. The first-order valence-corrected chi connectivity index (χ1v) is 5.64. The number of benzene rings is 2. The van der Waals surface area contributed by atoms with Crippen molar-refractivity contribution in [3.63, 3.8) is 0 Å². The molecule has 1 aromatic heterocycles. The fraction of sp³-hybridized carbons (Fsp3) is 0. The molecule has 0 saturated carbocycles. The molecule has 2 heteroatoms. The number of pyridine rings is 1. The molecule has 0 N–H and O–H groups in total. The Labute approximate surface area is 105 Å². The van der Waals surface area contributed by atoms with E-state index in [0.29, 0.717) is 5.69 Å². The third-order valence-corrected chi connectivity index (χ3v) is 2.84. The Hall–Kier alpha value is -2.66. The fourth-order valence-electron chi connectivity index (χ4n) is 1.94. The summed E-state index contributed by atoms with van der Waals surface area (Å²) in [5.41, 5.74) is 2.27. The number of nitriles is 1. The maximum atomic E-state index is 8.86. The van der Waals surface area contributed by atoms with Gasteiger partial charge < -0.3 is 0 Å². The van der Waals surface area contributed by atoms with Gasteiger partial charge in [0.15, 0.2) is 0 Å². The third kappa shape index (κ3) is 1.83. The number of nitrogens with zero attached hydrogens (tertiary/aromatic N) is 2. The van der Waals surface area contributed by atoms with E-state index in [1.54, 1.807) is 6.07 Å². The van der Waals surface area contributed by atoms with Gasteiger partial charge in [-0.3, -0.25) is 0 Å². The van der Waals surface area contributed by atoms with Crippen LogP contribution in [0.4, 0.5) is 0 Å². The van der Waals surface area contributed by atoms with Gasteiger partial charge in [0, 0.05) is 5.56 Å². The molecule has 3 rings (SSSR count). The lowest BCUT2D eigenvalue weighted by Gasteiger charge is -2.03. The highest BCUT2D eigenvalue weighted by Crippen LogP contribution is 2.22. The molecule has 0 amide bonds. The van der Waals surface area contributed by atoms with Gasteiger partial charge in [-0.05, 0) is 41.1 Å². The van der Waals surface area contributed by atoms with E-state index in [4.69, 9.17) is 5.26 Å². The number of rotatable bonds is 1. The maximum absolute atomic E-state index is 8.86. The predicted molar refractivity (Wildman–Crippen MR) is 70.7 cm³/mol. The molecule has 0 aliphatic heterocycles. The van der Waals surface area contributed by atoms with Crippen molar-refractivity contribution in [2.45, 2.75) is 0 Å². The van der Waals surface area contributed by atoms with E-state index in [9.17, 15) is 0 Å². The van der Waals surface area contributed by atoms with E-state index in [2.05, 4.69) is 29.3 Å². The van der Waals surface area contributed by atoms with Crippen LogP contribution in [0, 0.1) is 17.4 Å². The van der Waals surface area contributed by atoms with Crippen LogP contribution < -0.4 is 0 Å². The zero-order chi connectivity index (χ0) is 12.4. The van der Waals surface area contributed by atoms with Gasteiger partial charge in [0.1, 0.15) is 11.8 Å². The van der Waals surface area contributed by atoms with Crippen molar-refractivity contribution in [2.75, 3.05) is 0 Å². The van der Waals surface area contributed by atoms with Gasteiger partial charge in [0.2, 0.25) is 0 Å². The number of fused-ring (bicyclic) bond motifs is 1. The normalized spacial score (nSPS) is 10.2. The van der Waals surface area contributed by atoms with Gasteiger partial charge in [-0.1, -0.05) is 30.3 Å². The summed E-state index contributed by atoms with van der Waals surface area (Å²) < 4.78 is 0. The first-order chi connectivity index (χ1) is 8.86.